The Morgan fingerprint density at radius 3 is 2.71 bits per heavy atom. The molecule has 0 radical (unpaired) electrons. The quantitative estimate of drug-likeness (QED) is 0.800. The van der Waals surface area contributed by atoms with E-state index in [1.54, 1.807) is 6.33 Å². The van der Waals surface area contributed by atoms with Gasteiger partial charge in [-0.3, -0.25) is 0 Å². The largest absolute Gasteiger partial charge is 0.340 e. The van der Waals surface area contributed by atoms with Crippen molar-refractivity contribution in [3.63, 3.8) is 0 Å². The summed E-state index contributed by atoms with van der Waals surface area (Å²) in [7, 11) is 1.97. The van der Waals surface area contributed by atoms with Gasteiger partial charge in [0.05, 0.1) is 17.4 Å². The molecule has 0 amide bonds. The van der Waals surface area contributed by atoms with Crippen molar-refractivity contribution in [2.24, 2.45) is 18.7 Å². The van der Waals surface area contributed by atoms with Crippen LogP contribution in [-0.2, 0) is 20.1 Å². The van der Waals surface area contributed by atoms with Gasteiger partial charge in [-0.25, -0.2) is 9.97 Å². The summed E-state index contributed by atoms with van der Waals surface area (Å²) < 4.78 is 4.20. The lowest BCUT2D eigenvalue weighted by Gasteiger charge is -2.10. The number of imidazole rings is 2. The molecule has 3 aromatic rings. The highest BCUT2D eigenvalue weighted by molar-refractivity contribution is 5.80. The van der Waals surface area contributed by atoms with Crippen LogP contribution in [0.25, 0.3) is 22.6 Å². The molecule has 0 bridgehead atoms. The zero-order valence-corrected chi connectivity index (χ0v) is 12.7. The predicted molar refractivity (Wildman–Crippen MR) is 84.7 cm³/mol. The van der Waals surface area contributed by atoms with E-state index < -0.39 is 0 Å². The summed E-state index contributed by atoms with van der Waals surface area (Å²) in [6.45, 7) is 5.88. The first-order valence-corrected chi connectivity index (χ1v) is 7.26. The number of rotatable bonds is 4. The summed E-state index contributed by atoms with van der Waals surface area (Å²) in [6.07, 6.45) is 3.81. The van der Waals surface area contributed by atoms with Crippen LogP contribution < -0.4 is 5.73 Å². The molecule has 3 rings (SSSR count). The molecule has 110 valence electrons. The summed E-state index contributed by atoms with van der Waals surface area (Å²) in [6, 6.07) is 6.25. The van der Waals surface area contributed by atoms with E-state index in [9.17, 15) is 0 Å². The molecule has 2 aromatic heterocycles. The predicted octanol–water partition coefficient (Wildman–Crippen LogP) is 2.55. The third-order valence-electron chi connectivity index (χ3n) is 3.53. The Balaban J connectivity index is 2.21. The number of aryl methyl sites for hydroxylation is 1. The maximum atomic E-state index is 5.73. The standard InChI is InChI=1S/C16H21N5/c1-11(2)8-21-15-5-4-12(7-17)6-13(15)19-16(21)14-9-20(3)10-18-14/h4-6,9-11H,7-8,17H2,1-3H3. The van der Waals surface area contributed by atoms with Crippen molar-refractivity contribution in [1.29, 1.82) is 0 Å². The second-order valence-corrected chi connectivity index (χ2v) is 5.89. The van der Waals surface area contributed by atoms with Crippen LogP contribution in [0.4, 0.5) is 0 Å². The molecule has 2 heterocycles. The fraction of sp³-hybridized carbons (Fsp3) is 0.375. The van der Waals surface area contributed by atoms with Crippen molar-refractivity contribution in [3.8, 4) is 11.5 Å². The van der Waals surface area contributed by atoms with E-state index in [2.05, 4.69) is 41.6 Å². The Morgan fingerprint density at radius 1 is 1.29 bits per heavy atom. The van der Waals surface area contributed by atoms with Gasteiger partial charge in [-0.15, -0.1) is 0 Å². The summed E-state index contributed by atoms with van der Waals surface area (Å²) in [5.74, 6) is 1.47. The highest BCUT2D eigenvalue weighted by atomic mass is 15.1. The average Bonchev–Trinajstić information content (AvgIpc) is 3.02. The highest BCUT2D eigenvalue weighted by Crippen LogP contribution is 2.25. The number of nitrogens with two attached hydrogens (primary N) is 1. The lowest BCUT2D eigenvalue weighted by molar-refractivity contribution is 0.536. The topological polar surface area (TPSA) is 61.7 Å². The summed E-state index contributed by atoms with van der Waals surface area (Å²) >= 11 is 0. The molecule has 2 N–H and O–H groups in total. The number of benzene rings is 1. The molecule has 0 fully saturated rings. The first kappa shape index (κ1) is 13.8. The maximum Gasteiger partial charge on any atom is 0.161 e. The fourth-order valence-corrected chi connectivity index (χ4v) is 2.58. The van der Waals surface area contributed by atoms with Gasteiger partial charge in [0, 0.05) is 26.3 Å². The maximum absolute atomic E-state index is 5.73. The summed E-state index contributed by atoms with van der Waals surface area (Å²) in [5, 5.41) is 0. The summed E-state index contributed by atoms with van der Waals surface area (Å²) in [5.41, 5.74) is 9.86. The van der Waals surface area contributed by atoms with Crippen molar-refractivity contribution < 1.29 is 0 Å². The van der Waals surface area contributed by atoms with E-state index in [0.717, 1.165) is 34.7 Å². The van der Waals surface area contributed by atoms with Crippen molar-refractivity contribution in [2.45, 2.75) is 26.9 Å². The van der Waals surface area contributed by atoms with Crippen molar-refractivity contribution in [3.05, 3.63) is 36.3 Å². The van der Waals surface area contributed by atoms with E-state index in [-0.39, 0.29) is 0 Å². The van der Waals surface area contributed by atoms with E-state index in [4.69, 9.17) is 10.7 Å². The van der Waals surface area contributed by atoms with Crippen LogP contribution in [0.1, 0.15) is 19.4 Å². The van der Waals surface area contributed by atoms with Gasteiger partial charge in [0.1, 0.15) is 5.69 Å². The molecule has 0 unspecified atom stereocenters. The molecular formula is C16H21N5. The molecule has 0 aliphatic carbocycles. The van der Waals surface area contributed by atoms with Gasteiger partial charge in [0.15, 0.2) is 5.82 Å². The van der Waals surface area contributed by atoms with Crippen LogP contribution >= 0.6 is 0 Å². The number of fused-ring (bicyclic) bond motifs is 1. The molecule has 21 heavy (non-hydrogen) atoms. The molecule has 1 aromatic carbocycles. The molecule has 0 atom stereocenters. The van der Waals surface area contributed by atoms with Gasteiger partial charge in [-0.05, 0) is 23.6 Å². The average molecular weight is 283 g/mol. The monoisotopic (exact) mass is 283 g/mol. The van der Waals surface area contributed by atoms with Gasteiger partial charge in [0.25, 0.3) is 0 Å². The zero-order valence-electron chi connectivity index (χ0n) is 12.7. The van der Waals surface area contributed by atoms with Crippen molar-refractivity contribution >= 4 is 11.0 Å². The lowest BCUT2D eigenvalue weighted by atomic mass is 10.2. The number of hydrogen-bond acceptors (Lipinski definition) is 3. The highest BCUT2D eigenvalue weighted by Gasteiger charge is 2.15. The molecule has 5 heteroatoms. The van der Waals surface area contributed by atoms with Crippen LogP contribution in [0.3, 0.4) is 0 Å². The van der Waals surface area contributed by atoms with E-state index in [0.29, 0.717) is 12.5 Å². The van der Waals surface area contributed by atoms with E-state index in [1.807, 2.05) is 17.8 Å². The van der Waals surface area contributed by atoms with Gasteiger partial charge < -0.3 is 14.9 Å². The first-order valence-electron chi connectivity index (χ1n) is 7.26. The normalized spacial score (nSPS) is 11.7. The van der Waals surface area contributed by atoms with Crippen LogP contribution in [-0.4, -0.2) is 19.1 Å². The van der Waals surface area contributed by atoms with Crippen LogP contribution in [0, 0.1) is 5.92 Å². The Bertz CT molecular complexity index is 766. The Labute approximate surface area is 124 Å². The molecule has 0 saturated heterocycles. The molecular weight excluding hydrogens is 262 g/mol. The first-order chi connectivity index (χ1) is 10.1. The molecule has 0 aliphatic rings. The SMILES string of the molecule is CC(C)Cn1c(-c2cn(C)cn2)nc2cc(CN)ccc21. The minimum atomic E-state index is 0.534. The van der Waals surface area contributed by atoms with Crippen LogP contribution in [0.15, 0.2) is 30.7 Å². The van der Waals surface area contributed by atoms with Crippen LogP contribution in [0.5, 0.6) is 0 Å². The van der Waals surface area contributed by atoms with E-state index in [1.165, 1.54) is 0 Å². The number of nitrogens with zero attached hydrogens (tertiary/aromatic N) is 4. The molecule has 0 spiro atoms. The van der Waals surface area contributed by atoms with Crippen LogP contribution in [0.2, 0.25) is 0 Å². The van der Waals surface area contributed by atoms with Crippen molar-refractivity contribution in [1.82, 2.24) is 19.1 Å². The van der Waals surface area contributed by atoms with Gasteiger partial charge >= 0.3 is 0 Å². The Morgan fingerprint density at radius 2 is 2.10 bits per heavy atom. The van der Waals surface area contributed by atoms with E-state index >= 15 is 0 Å². The second kappa shape index (κ2) is 5.33. The zero-order chi connectivity index (χ0) is 15.0. The smallest absolute Gasteiger partial charge is 0.161 e. The molecule has 5 nitrogen and oxygen atoms in total. The fourth-order valence-electron chi connectivity index (χ4n) is 2.58. The Kier molecular flexibility index (Phi) is 3.51. The Hall–Kier alpha value is -2.14. The molecule has 0 saturated carbocycles. The third-order valence-corrected chi connectivity index (χ3v) is 3.53. The van der Waals surface area contributed by atoms with Crippen molar-refractivity contribution in [2.75, 3.05) is 0 Å². The van der Waals surface area contributed by atoms with Gasteiger partial charge in [-0.1, -0.05) is 19.9 Å². The third kappa shape index (κ3) is 2.56. The lowest BCUT2D eigenvalue weighted by Crippen LogP contribution is -2.06. The number of aromatic nitrogens is 4. The van der Waals surface area contributed by atoms with Gasteiger partial charge in [0.2, 0.25) is 0 Å². The summed E-state index contributed by atoms with van der Waals surface area (Å²) in [4.78, 5) is 9.24. The van der Waals surface area contributed by atoms with Gasteiger partial charge in [-0.2, -0.15) is 0 Å². The second-order valence-electron chi connectivity index (χ2n) is 5.89. The minimum absolute atomic E-state index is 0.534. The minimum Gasteiger partial charge on any atom is -0.340 e. The number of hydrogen-bond donors (Lipinski definition) is 1. The molecule has 0 aliphatic heterocycles.